The molecule has 4 N–H and O–H groups in total. The van der Waals surface area contributed by atoms with Gasteiger partial charge in [0.2, 0.25) is 0 Å². The molecule has 0 radical (unpaired) electrons. The summed E-state index contributed by atoms with van der Waals surface area (Å²) in [5.41, 5.74) is -1.35. The second-order valence-corrected chi connectivity index (χ2v) is 11.6. The Kier molecular flexibility index (Phi) is 13.4. The van der Waals surface area contributed by atoms with Crippen molar-refractivity contribution >= 4 is 18.2 Å². The molecule has 2 saturated carbocycles. The van der Waals surface area contributed by atoms with Crippen LogP contribution < -0.4 is 16.0 Å². The van der Waals surface area contributed by atoms with Crippen LogP contribution in [0.25, 0.3) is 0 Å². The molecule has 0 spiro atoms. The van der Waals surface area contributed by atoms with Gasteiger partial charge in [-0.15, -0.1) is 0 Å². The lowest BCUT2D eigenvalue weighted by Gasteiger charge is -2.30. The summed E-state index contributed by atoms with van der Waals surface area (Å²) < 4.78 is 10.0. The fourth-order valence-electron chi connectivity index (χ4n) is 4.21. The Balaban J connectivity index is 0.000000394. The summed E-state index contributed by atoms with van der Waals surface area (Å²) in [4.78, 5) is 34.1. The van der Waals surface area contributed by atoms with Gasteiger partial charge < -0.3 is 30.5 Å². The van der Waals surface area contributed by atoms with Crippen molar-refractivity contribution in [2.75, 3.05) is 6.54 Å². The SMILES string of the molecule is C1CCC(NC2CCCCC2)CC1.CC(C)(C)OC(=O)NCC[C@H](NC(=O)OC(C)(C)C)C(=O)O. The van der Waals surface area contributed by atoms with Crippen LogP contribution >= 0.6 is 0 Å². The normalized spacial score (nSPS) is 18.5. The standard InChI is InChI=1S/C14H26N2O6.C12H23N/c1-13(2,3)21-11(19)15-8-7-9(10(17)18)16-12(20)22-14(4,5)6;1-3-7-11(8-4-1)13-12-9-5-2-6-10-12/h9H,7-8H2,1-6H3,(H,15,19)(H,16,20)(H,17,18);11-13H,1-10H2/t9-;/m0./s1. The van der Waals surface area contributed by atoms with Crippen molar-refractivity contribution in [1.82, 2.24) is 16.0 Å². The van der Waals surface area contributed by atoms with E-state index in [1.807, 2.05) is 0 Å². The first kappa shape index (κ1) is 31.0. The van der Waals surface area contributed by atoms with Crippen molar-refractivity contribution < 1.29 is 29.0 Å². The number of rotatable bonds is 7. The van der Waals surface area contributed by atoms with E-state index in [4.69, 9.17) is 14.6 Å². The Labute approximate surface area is 211 Å². The fourth-order valence-corrected chi connectivity index (χ4v) is 4.21. The third kappa shape index (κ3) is 16.3. The molecule has 204 valence electrons. The maximum absolute atomic E-state index is 11.5. The number of carbonyl (C=O) groups excluding carboxylic acids is 2. The maximum Gasteiger partial charge on any atom is 0.408 e. The summed E-state index contributed by atoms with van der Waals surface area (Å²) in [6.07, 6.45) is 13.1. The molecule has 0 unspecified atom stereocenters. The van der Waals surface area contributed by atoms with E-state index >= 15 is 0 Å². The van der Waals surface area contributed by atoms with Crippen molar-refractivity contribution in [1.29, 1.82) is 0 Å². The van der Waals surface area contributed by atoms with Crippen LogP contribution in [-0.2, 0) is 14.3 Å². The van der Waals surface area contributed by atoms with Gasteiger partial charge in [-0.3, -0.25) is 0 Å². The molecule has 0 saturated heterocycles. The molecular weight excluding hydrogens is 450 g/mol. The van der Waals surface area contributed by atoms with Gasteiger partial charge in [-0.25, -0.2) is 14.4 Å². The Morgan fingerprint density at radius 1 is 0.771 bits per heavy atom. The molecule has 9 nitrogen and oxygen atoms in total. The van der Waals surface area contributed by atoms with Crippen molar-refractivity contribution in [2.45, 2.75) is 141 Å². The van der Waals surface area contributed by atoms with E-state index in [1.165, 1.54) is 64.2 Å². The average Bonchev–Trinajstić information content (AvgIpc) is 2.72. The predicted octanol–water partition coefficient (Wildman–Crippen LogP) is 5.12. The smallest absolute Gasteiger partial charge is 0.408 e. The fraction of sp³-hybridized carbons (Fsp3) is 0.885. The molecule has 2 fully saturated rings. The molecule has 35 heavy (non-hydrogen) atoms. The molecule has 2 rings (SSSR count). The largest absolute Gasteiger partial charge is 0.480 e. The van der Waals surface area contributed by atoms with Gasteiger partial charge >= 0.3 is 18.2 Å². The van der Waals surface area contributed by atoms with E-state index in [1.54, 1.807) is 41.5 Å². The molecule has 1 atom stereocenters. The molecule has 0 aromatic heterocycles. The Bertz CT molecular complexity index is 628. The first-order valence-electron chi connectivity index (χ1n) is 13.2. The van der Waals surface area contributed by atoms with Crippen LogP contribution in [0.3, 0.4) is 0 Å². The van der Waals surface area contributed by atoms with Gasteiger partial charge in [-0.2, -0.15) is 0 Å². The topological polar surface area (TPSA) is 126 Å². The summed E-state index contributed by atoms with van der Waals surface area (Å²) in [5.74, 6) is -1.21. The minimum absolute atomic E-state index is 0.00776. The van der Waals surface area contributed by atoms with Crippen LogP contribution in [0.5, 0.6) is 0 Å². The highest BCUT2D eigenvalue weighted by atomic mass is 16.6. The molecule has 0 aliphatic heterocycles. The summed E-state index contributed by atoms with van der Waals surface area (Å²) in [5, 5.41) is 17.6. The van der Waals surface area contributed by atoms with Gasteiger partial charge in [0, 0.05) is 18.6 Å². The van der Waals surface area contributed by atoms with Crippen LogP contribution in [0.2, 0.25) is 0 Å². The molecule has 0 aromatic carbocycles. The molecule has 0 heterocycles. The van der Waals surface area contributed by atoms with E-state index in [2.05, 4.69) is 16.0 Å². The highest BCUT2D eigenvalue weighted by molar-refractivity contribution is 5.80. The van der Waals surface area contributed by atoms with Gasteiger partial charge in [-0.1, -0.05) is 38.5 Å². The molecule has 2 aliphatic carbocycles. The van der Waals surface area contributed by atoms with Crippen molar-refractivity contribution in [3.05, 3.63) is 0 Å². The van der Waals surface area contributed by atoms with Crippen molar-refractivity contribution in [2.24, 2.45) is 0 Å². The number of aliphatic carboxylic acids is 1. The molecular formula is C26H49N3O6. The lowest BCUT2D eigenvalue weighted by molar-refractivity contribution is -0.139. The summed E-state index contributed by atoms with van der Waals surface area (Å²) in [6.45, 7) is 10.2. The number of amides is 2. The Morgan fingerprint density at radius 3 is 1.60 bits per heavy atom. The molecule has 0 aromatic rings. The first-order chi connectivity index (χ1) is 16.2. The number of nitrogens with one attached hydrogen (secondary N) is 3. The monoisotopic (exact) mass is 499 g/mol. The summed E-state index contributed by atoms with van der Waals surface area (Å²) in [7, 11) is 0. The van der Waals surface area contributed by atoms with Crippen molar-refractivity contribution in [3.63, 3.8) is 0 Å². The van der Waals surface area contributed by atoms with E-state index in [-0.39, 0.29) is 13.0 Å². The molecule has 2 aliphatic rings. The number of alkyl carbamates (subject to hydrolysis) is 2. The number of carbonyl (C=O) groups is 3. The zero-order valence-electron chi connectivity index (χ0n) is 22.7. The third-order valence-corrected chi connectivity index (χ3v) is 5.77. The van der Waals surface area contributed by atoms with E-state index < -0.39 is 35.4 Å². The second-order valence-electron chi connectivity index (χ2n) is 11.6. The predicted molar refractivity (Wildman–Crippen MR) is 137 cm³/mol. The number of carboxylic acid groups (broad SMARTS) is 1. The zero-order chi connectivity index (χ0) is 26.5. The van der Waals surface area contributed by atoms with Gasteiger partial charge in [0.05, 0.1) is 0 Å². The number of hydrogen-bond donors (Lipinski definition) is 4. The first-order valence-corrected chi connectivity index (χ1v) is 13.2. The maximum atomic E-state index is 11.5. The van der Waals surface area contributed by atoms with Gasteiger partial charge in [0.1, 0.15) is 17.2 Å². The van der Waals surface area contributed by atoms with Crippen LogP contribution in [0.4, 0.5) is 9.59 Å². The van der Waals surface area contributed by atoms with Gasteiger partial charge in [0.25, 0.3) is 0 Å². The molecule has 0 bridgehead atoms. The van der Waals surface area contributed by atoms with Crippen LogP contribution in [0.1, 0.15) is 112 Å². The van der Waals surface area contributed by atoms with Crippen LogP contribution in [0, 0.1) is 0 Å². The van der Waals surface area contributed by atoms with Gasteiger partial charge in [-0.05, 0) is 73.6 Å². The highest BCUT2D eigenvalue weighted by Crippen LogP contribution is 2.22. The zero-order valence-corrected chi connectivity index (χ0v) is 22.7. The quantitative estimate of drug-likeness (QED) is 0.383. The minimum atomic E-state index is -1.21. The Morgan fingerprint density at radius 2 is 1.20 bits per heavy atom. The second kappa shape index (κ2) is 15.2. The van der Waals surface area contributed by atoms with Crippen LogP contribution in [0.15, 0.2) is 0 Å². The van der Waals surface area contributed by atoms with E-state index in [0.29, 0.717) is 0 Å². The lowest BCUT2D eigenvalue weighted by atomic mass is 9.91. The summed E-state index contributed by atoms with van der Waals surface area (Å²) >= 11 is 0. The van der Waals surface area contributed by atoms with E-state index in [0.717, 1.165) is 12.1 Å². The molecule has 2 amide bonds. The highest BCUT2D eigenvalue weighted by Gasteiger charge is 2.24. The summed E-state index contributed by atoms with van der Waals surface area (Å²) in [6, 6.07) is 0.582. The van der Waals surface area contributed by atoms with Crippen LogP contribution in [-0.4, -0.2) is 59.1 Å². The molecule has 9 heteroatoms. The Hall–Kier alpha value is -2.03. The number of hydrogen-bond acceptors (Lipinski definition) is 6. The van der Waals surface area contributed by atoms with E-state index in [9.17, 15) is 14.4 Å². The third-order valence-electron chi connectivity index (χ3n) is 5.77. The number of carboxylic acids is 1. The van der Waals surface area contributed by atoms with Gasteiger partial charge in [0.15, 0.2) is 0 Å². The lowest BCUT2D eigenvalue weighted by Crippen LogP contribution is -2.45. The average molecular weight is 500 g/mol. The number of ether oxygens (including phenoxy) is 2. The van der Waals surface area contributed by atoms with Crippen molar-refractivity contribution in [3.8, 4) is 0 Å². The minimum Gasteiger partial charge on any atom is -0.480 e.